The highest BCUT2D eigenvalue weighted by Crippen LogP contribution is 2.34. The maximum atomic E-state index is 13.3. The number of nitrogens with one attached hydrogen (secondary N) is 1. The summed E-state index contributed by atoms with van der Waals surface area (Å²) in [4.78, 5) is 19.8. The first-order valence-electron chi connectivity index (χ1n) is 12.8. The largest absolute Gasteiger partial charge is 0.511 e. The van der Waals surface area contributed by atoms with Crippen molar-refractivity contribution in [3.63, 3.8) is 0 Å². The molecule has 1 aliphatic heterocycles. The summed E-state index contributed by atoms with van der Waals surface area (Å²) >= 11 is 5.83. The van der Waals surface area contributed by atoms with E-state index in [2.05, 4.69) is 33.4 Å². The highest BCUT2D eigenvalue weighted by Gasteiger charge is 2.31. The zero-order valence-corrected chi connectivity index (χ0v) is 21.1. The minimum Gasteiger partial charge on any atom is -0.511 e. The van der Waals surface area contributed by atoms with Crippen molar-refractivity contribution in [1.82, 2.24) is 10.2 Å². The monoisotopic (exact) mass is 505 g/mol. The molecule has 0 amide bonds. The molecule has 5 nitrogen and oxygen atoms in total. The van der Waals surface area contributed by atoms with Crippen LogP contribution in [-0.2, 0) is 11.2 Å². The number of aliphatic hydroxyl groups is 1. The quantitative estimate of drug-likeness (QED) is 0.411. The van der Waals surface area contributed by atoms with Gasteiger partial charge in [-0.2, -0.15) is 0 Å². The molecule has 3 aliphatic rings. The van der Waals surface area contributed by atoms with E-state index >= 15 is 0 Å². The third-order valence-electron chi connectivity index (χ3n) is 7.68. The normalized spacial score (nSPS) is 22.8. The lowest BCUT2D eigenvalue weighted by molar-refractivity contribution is -0.116. The zero-order chi connectivity index (χ0) is 25.1. The second-order valence-corrected chi connectivity index (χ2v) is 10.4. The number of carbonyl (C=O) groups excluding carboxylic acids is 1. The summed E-state index contributed by atoms with van der Waals surface area (Å²) in [6, 6.07) is 14.9. The molecule has 5 rings (SSSR count). The Hall–Kier alpha value is -3.06. The summed E-state index contributed by atoms with van der Waals surface area (Å²) in [6.07, 6.45) is 7.86. The minimum absolute atomic E-state index is 0.0268. The molecule has 0 saturated heterocycles. The number of allylic oxidation sites excluding steroid dienone is 2. The second kappa shape index (κ2) is 10.9. The van der Waals surface area contributed by atoms with Gasteiger partial charge in [0.1, 0.15) is 11.6 Å². The number of Topliss-reactive ketones (excluding diaryl/α,β-unsaturated/α-hetero) is 1. The Bertz CT molecular complexity index is 1190. The fourth-order valence-electron chi connectivity index (χ4n) is 5.69. The van der Waals surface area contributed by atoms with Crippen molar-refractivity contribution in [1.29, 1.82) is 0 Å². The summed E-state index contributed by atoms with van der Waals surface area (Å²) in [5.41, 5.74) is 3.64. The summed E-state index contributed by atoms with van der Waals surface area (Å²) in [6.45, 7) is 1.26. The van der Waals surface area contributed by atoms with Crippen molar-refractivity contribution >= 4 is 29.3 Å². The summed E-state index contributed by atoms with van der Waals surface area (Å²) in [7, 11) is 0. The lowest BCUT2D eigenvalue weighted by Crippen LogP contribution is -2.48. The van der Waals surface area contributed by atoms with Crippen LogP contribution in [0.2, 0.25) is 0 Å². The first-order valence-corrected chi connectivity index (χ1v) is 13.3. The first-order chi connectivity index (χ1) is 17.5. The van der Waals surface area contributed by atoms with E-state index in [9.17, 15) is 14.3 Å². The number of thiocarbonyl (C=S) groups is 1. The van der Waals surface area contributed by atoms with Crippen LogP contribution in [0.3, 0.4) is 0 Å². The Morgan fingerprint density at radius 1 is 1.14 bits per heavy atom. The van der Waals surface area contributed by atoms with Gasteiger partial charge in [-0.1, -0.05) is 49.2 Å². The zero-order valence-electron chi connectivity index (χ0n) is 20.3. The number of carbonyl (C=O) groups is 1. The van der Waals surface area contributed by atoms with Crippen molar-refractivity contribution in [3.05, 3.63) is 82.4 Å². The molecule has 0 spiro atoms. The van der Waals surface area contributed by atoms with Crippen molar-refractivity contribution in [2.75, 3.05) is 13.1 Å². The van der Waals surface area contributed by atoms with Crippen LogP contribution in [0.25, 0.3) is 0 Å². The van der Waals surface area contributed by atoms with E-state index in [0.29, 0.717) is 19.0 Å². The predicted molar refractivity (Wildman–Crippen MR) is 144 cm³/mol. The number of ketones is 1. The standard InChI is InChI=1S/C29H32FN3O2S/c30-22-11-9-19(10-12-22)21-15-27(34)25(28(35)16-21)17-31-18-26-24-8-4-1-5-20(24)13-14-33(26)29(36)32-23-6-2-3-7-23/h1,4-5,8-12,17,21,23,26,34H,2-3,6-7,13-16,18H2,(H,32,36). The van der Waals surface area contributed by atoms with Crippen LogP contribution in [0.4, 0.5) is 4.39 Å². The molecule has 36 heavy (non-hydrogen) atoms. The van der Waals surface area contributed by atoms with Crippen LogP contribution in [0, 0.1) is 5.82 Å². The van der Waals surface area contributed by atoms with Crippen LogP contribution in [0.5, 0.6) is 0 Å². The number of fused-ring (bicyclic) bond motifs is 1. The maximum Gasteiger partial charge on any atom is 0.169 e. The fraction of sp³-hybridized carbons (Fsp3) is 0.414. The Morgan fingerprint density at radius 2 is 1.89 bits per heavy atom. The average molecular weight is 506 g/mol. The first kappa shape index (κ1) is 24.6. The number of aliphatic hydroxyl groups excluding tert-OH is 1. The summed E-state index contributed by atoms with van der Waals surface area (Å²) in [5, 5.41) is 15.0. The molecule has 2 atom stereocenters. The molecule has 2 N–H and O–H groups in total. The smallest absolute Gasteiger partial charge is 0.169 e. The Balaban J connectivity index is 1.32. The number of aliphatic imine (C=N–C) groups is 1. The van der Waals surface area contributed by atoms with Crippen molar-refractivity contribution in [3.8, 4) is 0 Å². The highest BCUT2D eigenvalue weighted by atomic mass is 32.1. The van der Waals surface area contributed by atoms with Gasteiger partial charge < -0.3 is 15.3 Å². The number of nitrogens with zero attached hydrogens (tertiary/aromatic N) is 2. The van der Waals surface area contributed by atoms with Crippen LogP contribution in [0.15, 0.2) is 64.9 Å². The molecule has 2 aromatic carbocycles. The molecule has 188 valence electrons. The van der Waals surface area contributed by atoms with E-state index in [4.69, 9.17) is 12.2 Å². The van der Waals surface area contributed by atoms with Crippen molar-refractivity contribution in [2.24, 2.45) is 4.99 Å². The summed E-state index contributed by atoms with van der Waals surface area (Å²) in [5.74, 6) is -0.570. The van der Waals surface area contributed by atoms with Gasteiger partial charge in [0.15, 0.2) is 10.9 Å². The molecular formula is C29H32FN3O2S. The molecule has 1 fully saturated rings. The number of hydrogen-bond acceptors (Lipinski definition) is 4. The average Bonchev–Trinajstić information content (AvgIpc) is 3.39. The number of rotatable bonds is 5. The van der Waals surface area contributed by atoms with E-state index in [1.54, 1.807) is 12.1 Å². The molecule has 2 aliphatic carbocycles. The van der Waals surface area contributed by atoms with Gasteiger partial charge in [-0.05, 0) is 66.2 Å². The number of benzene rings is 2. The predicted octanol–water partition coefficient (Wildman–Crippen LogP) is 5.57. The molecular weight excluding hydrogens is 473 g/mol. The van der Waals surface area contributed by atoms with Gasteiger partial charge in [0.2, 0.25) is 0 Å². The van der Waals surface area contributed by atoms with Crippen LogP contribution >= 0.6 is 12.2 Å². The molecule has 2 unspecified atom stereocenters. The van der Waals surface area contributed by atoms with Gasteiger partial charge in [0.05, 0.1) is 18.2 Å². The molecule has 1 saturated carbocycles. The Kier molecular flexibility index (Phi) is 7.46. The van der Waals surface area contributed by atoms with Gasteiger partial charge in [-0.25, -0.2) is 4.39 Å². The van der Waals surface area contributed by atoms with Gasteiger partial charge in [0, 0.05) is 31.6 Å². The van der Waals surface area contributed by atoms with E-state index in [1.165, 1.54) is 42.3 Å². The molecule has 2 aromatic rings. The second-order valence-electron chi connectivity index (χ2n) is 10.0. The van der Waals surface area contributed by atoms with Crippen molar-refractivity contribution < 1.29 is 14.3 Å². The number of halogens is 1. The van der Waals surface area contributed by atoms with E-state index in [-0.39, 0.29) is 41.3 Å². The van der Waals surface area contributed by atoms with Gasteiger partial charge in [-0.15, -0.1) is 0 Å². The SMILES string of the molecule is O=C1CC(c2ccc(F)cc2)CC(O)=C1C=NCC1c2ccccc2CCN1C(=S)NC1CCCC1. The number of hydrogen-bond donors (Lipinski definition) is 2. The van der Waals surface area contributed by atoms with Gasteiger partial charge >= 0.3 is 0 Å². The third-order valence-corrected chi connectivity index (χ3v) is 8.03. The molecule has 0 aromatic heterocycles. The Labute approximate surface area is 217 Å². The maximum absolute atomic E-state index is 13.3. The third kappa shape index (κ3) is 5.36. The molecule has 1 heterocycles. The van der Waals surface area contributed by atoms with Crippen LogP contribution in [0.1, 0.15) is 67.2 Å². The Morgan fingerprint density at radius 3 is 2.64 bits per heavy atom. The minimum atomic E-state index is -0.315. The van der Waals surface area contributed by atoms with Crippen LogP contribution < -0.4 is 5.32 Å². The fourth-order valence-corrected chi connectivity index (χ4v) is 6.08. The summed E-state index contributed by atoms with van der Waals surface area (Å²) < 4.78 is 13.3. The molecule has 0 bridgehead atoms. The van der Waals surface area contributed by atoms with E-state index in [0.717, 1.165) is 36.5 Å². The van der Waals surface area contributed by atoms with E-state index < -0.39 is 0 Å². The van der Waals surface area contributed by atoms with E-state index in [1.807, 2.05) is 6.07 Å². The van der Waals surface area contributed by atoms with Crippen molar-refractivity contribution in [2.45, 2.75) is 62.9 Å². The molecule has 7 heteroatoms. The van der Waals surface area contributed by atoms with Gasteiger partial charge in [0.25, 0.3) is 0 Å². The van der Waals surface area contributed by atoms with Gasteiger partial charge in [-0.3, -0.25) is 9.79 Å². The topological polar surface area (TPSA) is 64.9 Å². The highest BCUT2D eigenvalue weighted by molar-refractivity contribution is 7.80. The van der Waals surface area contributed by atoms with Crippen LogP contribution in [-0.4, -0.2) is 46.2 Å². The molecule has 0 radical (unpaired) electrons. The lowest BCUT2D eigenvalue weighted by Gasteiger charge is -2.39. The lowest BCUT2D eigenvalue weighted by atomic mass is 9.83.